The first kappa shape index (κ1) is 14.7. The summed E-state index contributed by atoms with van der Waals surface area (Å²) in [6.45, 7) is 8.82. The van der Waals surface area contributed by atoms with E-state index in [-0.39, 0.29) is 17.5 Å². The van der Waals surface area contributed by atoms with E-state index in [0.717, 1.165) is 6.42 Å². The molecule has 0 aliphatic heterocycles. The molecule has 0 bridgehead atoms. The zero-order valence-corrected chi connectivity index (χ0v) is 11.7. The summed E-state index contributed by atoms with van der Waals surface area (Å²) in [5.74, 6) is 2.06. The van der Waals surface area contributed by atoms with Crippen LogP contribution in [0, 0.1) is 5.92 Å². The highest BCUT2D eigenvalue weighted by Gasteiger charge is 2.11. The molecule has 0 saturated heterocycles. The summed E-state index contributed by atoms with van der Waals surface area (Å²) in [6.07, 6.45) is 0.960. The van der Waals surface area contributed by atoms with Gasteiger partial charge < -0.3 is 16.0 Å². The predicted molar refractivity (Wildman–Crippen MR) is 74.9 cm³/mol. The number of hydrogen-bond acceptors (Lipinski definition) is 4. The molecule has 1 rings (SSSR count). The van der Waals surface area contributed by atoms with Gasteiger partial charge in [-0.1, -0.05) is 27.7 Å². The van der Waals surface area contributed by atoms with Crippen molar-refractivity contribution in [2.75, 3.05) is 11.9 Å². The smallest absolute Gasteiger partial charge is 0.252 e. The fraction of sp³-hybridized carbons (Fsp3) is 0.692. The fourth-order valence-corrected chi connectivity index (χ4v) is 1.82. The highest BCUT2D eigenvalue weighted by atomic mass is 16.1. The van der Waals surface area contributed by atoms with E-state index < -0.39 is 0 Å². The molecular weight excluding hydrogens is 228 g/mol. The molecule has 1 heterocycles. The van der Waals surface area contributed by atoms with Gasteiger partial charge in [0.05, 0.1) is 0 Å². The summed E-state index contributed by atoms with van der Waals surface area (Å²) in [5, 5.41) is 3.24. The standard InChI is InChI=1S/C13H24N4O/c1-8(2)5-10(7-14)15-11-6-12(18)17-13(16-11)9(3)4/h6,8-10H,5,7,14H2,1-4H3,(H2,15,16,17,18). The molecule has 5 heteroatoms. The molecule has 1 atom stereocenters. The molecule has 1 aromatic heterocycles. The molecule has 18 heavy (non-hydrogen) atoms. The zero-order chi connectivity index (χ0) is 13.7. The van der Waals surface area contributed by atoms with Crippen molar-refractivity contribution < 1.29 is 0 Å². The Balaban J connectivity index is 2.85. The molecule has 0 spiro atoms. The van der Waals surface area contributed by atoms with Gasteiger partial charge >= 0.3 is 0 Å². The lowest BCUT2D eigenvalue weighted by atomic mass is 10.0. The zero-order valence-electron chi connectivity index (χ0n) is 11.7. The third kappa shape index (κ3) is 4.49. The molecule has 1 aromatic rings. The molecule has 0 amide bonds. The first-order chi connectivity index (χ1) is 8.42. The van der Waals surface area contributed by atoms with Crippen molar-refractivity contribution in [2.24, 2.45) is 11.7 Å². The van der Waals surface area contributed by atoms with E-state index in [1.54, 1.807) is 0 Å². The lowest BCUT2D eigenvalue weighted by molar-refractivity contribution is 0.520. The molecule has 0 saturated carbocycles. The van der Waals surface area contributed by atoms with Crippen molar-refractivity contribution in [3.8, 4) is 0 Å². The van der Waals surface area contributed by atoms with Gasteiger partial charge in [-0.2, -0.15) is 0 Å². The van der Waals surface area contributed by atoms with Crippen LogP contribution in [-0.4, -0.2) is 22.6 Å². The van der Waals surface area contributed by atoms with Crippen LogP contribution in [0.25, 0.3) is 0 Å². The predicted octanol–water partition coefficient (Wildman–Crippen LogP) is 1.68. The van der Waals surface area contributed by atoms with Crippen LogP contribution in [0.2, 0.25) is 0 Å². The topological polar surface area (TPSA) is 83.8 Å². The number of nitrogens with one attached hydrogen (secondary N) is 2. The highest BCUT2D eigenvalue weighted by molar-refractivity contribution is 5.34. The van der Waals surface area contributed by atoms with E-state index >= 15 is 0 Å². The first-order valence-electron chi connectivity index (χ1n) is 6.50. The number of rotatable bonds is 6. The van der Waals surface area contributed by atoms with Crippen LogP contribution < -0.4 is 16.6 Å². The van der Waals surface area contributed by atoms with Crippen molar-refractivity contribution in [1.29, 1.82) is 0 Å². The second-order valence-electron chi connectivity index (χ2n) is 5.38. The molecule has 4 N–H and O–H groups in total. The van der Waals surface area contributed by atoms with Crippen molar-refractivity contribution in [3.63, 3.8) is 0 Å². The Hall–Kier alpha value is -1.36. The van der Waals surface area contributed by atoms with Crippen molar-refractivity contribution in [3.05, 3.63) is 22.2 Å². The minimum Gasteiger partial charge on any atom is -0.366 e. The Kier molecular flexibility index (Phi) is 5.34. The maximum atomic E-state index is 11.5. The minimum absolute atomic E-state index is 0.128. The number of H-pyrrole nitrogens is 1. The number of anilines is 1. The number of hydrogen-bond donors (Lipinski definition) is 3. The molecule has 0 aliphatic rings. The third-order valence-electron chi connectivity index (χ3n) is 2.70. The van der Waals surface area contributed by atoms with Gasteiger partial charge in [0.2, 0.25) is 0 Å². The molecule has 1 unspecified atom stereocenters. The molecule has 0 radical (unpaired) electrons. The van der Waals surface area contributed by atoms with Crippen LogP contribution in [-0.2, 0) is 0 Å². The van der Waals surface area contributed by atoms with E-state index in [1.807, 2.05) is 13.8 Å². The van der Waals surface area contributed by atoms with Crippen LogP contribution >= 0.6 is 0 Å². The van der Waals surface area contributed by atoms with Gasteiger partial charge in [0.15, 0.2) is 0 Å². The lowest BCUT2D eigenvalue weighted by Gasteiger charge is -2.19. The summed E-state index contributed by atoms with van der Waals surface area (Å²) >= 11 is 0. The second-order valence-corrected chi connectivity index (χ2v) is 5.38. The highest BCUT2D eigenvalue weighted by Crippen LogP contribution is 2.12. The monoisotopic (exact) mass is 252 g/mol. The van der Waals surface area contributed by atoms with E-state index in [9.17, 15) is 4.79 Å². The Labute approximate surface area is 108 Å². The molecule has 5 nitrogen and oxygen atoms in total. The van der Waals surface area contributed by atoms with E-state index in [4.69, 9.17) is 5.73 Å². The third-order valence-corrected chi connectivity index (χ3v) is 2.70. The number of aromatic nitrogens is 2. The summed E-state index contributed by atoms with van der Waals surface area (Å²) in [5.41, 5.74) is 5.60. The first-order valence-corrected chi connectivity index (χ1v) is 6.50. The molecule has 0 fully saturated rings. The average Bonchev–Trinajstić information content (AvgIpc) is 2.26. The normalized spacial score (nSPS) is 13.1. The van der Waals surface area contributed by atoms with Gasteiger partial charge in [-0.3, -0.25) is 4.79 Å². The van der Waals surface area contributed by atoms with E-state index in [1.165, 1.54) is 6.07 Å². The maximum absolute atomic E-state index is 11.5. The van der Waals surface area contributed by atoms with Gasteiger partial charge in [0, 0.05) is 24.6 Å². The molecule has 0 aromatic carbocycles. The lowest BCUT2D eigenvalue weighted by Crippen LogP contribution is -2.31. The van der Waals surface area contributed by atoms with E-state index in [2.05, 4.69) is 29.1 Å². The Morgan fingerprint density at radius 3 is 2.56 bits per heavy atom. The Bertz CT molecular complexity index is 425. The van der Waals surface area contributed by atoms with Crippen LogP contribution in [0.4, 0.5) is 5.82 Å². The molecular formula is C13H24N4O. The quantitative estimate of drug-likeness (QED) is 0.719. The fourth-order valence-electron chi connectivity index (χ4n) is 1.82. The van der Waals surface area contributed by atoms with Gasteiger partial charge in [-0.25, -0.2) is 4.98 Å². The SMILES string of the molecule is CC(C)CC(CN)Nc1cc(=O)[nH]c(C(C)C)n1. The van der Waals surface area contributed by atoms with Gasteiger partial charge in [0.1, 0.15) is 11.6 Å². The van der Waals surface area contributed by atoms with E-state index in [0.29, 0.717) is 24.1 Å². The Morgan fingerprint density at radius 1 is 1.39 bits per heavy atom. The van der Waals surface area contributed by atoms with Crippen LogP contribution in [0.5, 0.6) is 0 Å². The number of nitrogens with two attached hydrogens (primary N) is 1. The van der Waals surface area contributed by atoms with Crippen LogP contribution in [0.1, 0.15) is 45.9 Å². The molecule has 0 aliphatic carbocycles. The summed E-state index contributed by atoms with van der Waals surface area (Å²) in [7, 11) is 0. The van der Waals surface area contributed by atoms with Crippen molar-refractivity contribution in [1.82, 2.24) is 9.97 Å². The number of nitrogens with zero attached hydrogens (tertiary/aromatic N) is 1. The van der Waals surface area contributed by atoms with Gasteiger partial charge in [0.25, 0.3) is 5.56 Å². The second kappa shape index (κ2) is 6.54. The van der Waals surface area contributed by atoms with Crippen LogP contribution in [0.3, 0.4) is 0 Å². The largest absolute Gasteiger partial charge is 0.366 e. The molecule has 102 valence electrons. The Morgan fingerprint density at radius 2 is 2.06 bits per heavy atom. The number of aromatic amines is 1. The summed E-state index contributed by atoms with van der Waals surface area (Å²) in [4.78, 5) is 18.7. The van der Waals surface area contributed by atoms with Crippen molar-refractivity contribution >= 4 is 5.82 Å². The maximum Gasteiger partial charge on any atom is 0.252 e. The van der Waals surface area contributed by atoms with Gasteiger partial charge in [-0.05, 0) is 12.3 Å². The summed E-state index contributed by atoms with van der Waals surface area (Å²) in [6, 6.07) is 1.63. The van der Waals surface area contributed by atoms with Crippen LogP contribution in [0.15, 0.2) is 10.9 Å². The van der Waals surface area contributed by atoms with Crippen molar-refractivity contribution in [2.45, 2.75) is 46.1 Å². The average molecular weight is 252 g/mol. The summed E-state index contributed by atoms with van der Waals surface area (Å²) < 4.78 is 0. The minimum atomic E-state index is -0.128. The van der Waals surface area contributed by atoms with Gasteiger partial charge in [-0.15, -0.1) is 0 Å².